The van der Waals surface area contributed by atoms with Crippen molar-refractivity contribution in [2.45, 2.75) is 6.18 Å². The van der Waals surface area contributed by atoms with E-state index in [9.17, 15) is 18.0 Å². The molecule has 2 rings (SSSR count). The standard InChI is InChI=1S/C14H12ClF3N4O3/c1-25-9-3-2-7(15)4-8(9)20-11-5-10(14(16,17)18)21-13(22-11)19-6-12(23)24/h2-5H,6H2,1H3,(H,23,24)(H2,19,20,21,22). The maximum atomic E-state index is 13.0. The van der Waals surface area contributed by atoms with Gasteiger partial charge in [0.2, 0.25) is 5.95 Å². The van der Waals surface area contributed by atoms with Crippen molar-refractivity contribution < 1.29 is 27.8 Å². The van der Waals surface area contributed by atoms with E-state index in [1.165, 1.54) is 19.2 Å². The van der Waals surface area contributed by atoms with Crippen LogP contribution in [0.5, 0.6) is 5.75 Å². The predicted molar refractivity (Wildman–Crippen MR) is 84.4 cm³/mol. The molecule has 7 nitrogen and oxygen atoms in total. The molecule has 0 radical (unpaired) electrons. The second-order valence-corrected chi connectivity index (χ2v) is 5.11. The van der Waals surface area contributed by atoms with Gasteiger partial charge < -0.3 is 20.5 Å². The molecule has 0 amide bonds. The third-order valence-corrected chi connectivity index (χ3v) is 3.07. The zero-order valence-corrected chi connectivity index (χ0v) is 13.4. The molecular formula is C14H12ClF3N4O3. The molecule has 11 heteroatoms. The van der Waals surface area contributed by atoms with E-state index in [0.717, 1.165) is 0 Å². The Balaban J connectivity index is 2.40. The largest absolute Gasteiger partial charge is 0.495 e. The van der Waals surface area contributed by atoms with Crippen molar-refractivity contribution >= 4 is 35.0 Å². The summed E-state index contributed by atoms with van der Waals surface area (Å²) in [4.78, 5) is 17.7. The summed E-state index contributed by atoms with van der Waals surface area (Å²) in [7, 11) is 1.38. The molecule has 0 saturated heterocycles. The summed E-state index contributed by atoms with van der Waals surface area (Å²) >= 11 is 5.87. The third kappa shape index (κ3) is 5.11. The Hall–Kier alpha value is -2.75. The maximum absolute atomic E-state index is 13.0. The number of nitrogens with zero attached hydrogens (tertiary/aromatic N) is 2. The molecule has 134 valence electrons. The van der Waals surface area contributed by atoms with Crippen LogP contribution in [0.3, 0.4) is 0 Å². The van der Waals surface area contributed by atoms with Crippen LogP contribution in [-0.2, 0) is 11.0 Å². The Labute approximate surface area is 144 Å². The summed E-state index contributed by atoms with van der Waals surface area (Å²) in [6.45, 7) is -0.638. The van der Waals surface area contributed by atoms with E-state index in [-0.39, 0.29) is 11.5 Å². The number of aliphatic carboxylic acids is 1. The number of aromatic nitrogens is 2. The Morgan fingerprint density at radius 1 is 1.32 bits per heavy atom. The van der Waals surface area contributed by atoms with Crippen LogP contribution in [-0.4, -0.2) is 34.7 Å². The monoisotopic (exact) mass is 376 g/mol. The average Bonchev–Trinajstić information content (AvgIpc) is 2.52. The van der Waals surface area contributed by atoms with Crippen LogP contribution in [0.2, 0.25) is 5.02 Å². The lowest BCUT2D eigenvalue weighted by Gasteiger charge is -2.14. The SMILES string of the molecule is COc1ccc(Cl)cc1Nc1cc(C(F)(F)F)nc(NCC(=O)O)n1. The number of benzene rings is 1. The normalized spacial score (nSPS) is 11.1. The van der Waals surface area contributed by atoms with Gasteiger partial charge >= 0.3 is 12.1 Å². The molecule has 1 aromatic heterocycles. The summed E-state index contributed by atoms with van der Waals surface area (Å²) in [5.41, 5.74) is -0.954. The first-order chi connectivity index (χ1) is 11.7. The molecule has 0 aliphatic rings. The fourth-order valence-electron chi connectivity index (χ4n) is 1.81. The summed E-state index contributed by atoms with van der Waals surface area (Å²) in [6, 6.07) is 5.21. The number of carboxylic acids is 1. The molecule has 0 unspecified atom stereocenters. The van der Waals surface area contributed by atoms with Gasteiger partial charge in [-0.3, -0.25) is 4.79 Å². The van der Waals surface area contributed by atoms with Crippen LogP contribution in [0.25, 0.3) is 0 Å². The first-order valence-corrected chi connectivity index (χ1v) is 7.09. The Morgan fingerprint density at radius 2 is 2.04 bits per heavy atom. The topological polar surface area (TPSA) is 96.4 Å². The van der Waals surface area contributed by atoms with Crippen LogP contribution in [0.15, 0.2) is 24.3 Å². The summed E-state index contributed by atoms with van der Waals surface area (Å²) in [5.74, 6) is -1.64. The van der Waals surface area contributed by atoms with Gasteiger partial charge in [0.15, 0.2) is 5.69 Å². The third-order valence-electron chi connectivity index (χ3n) is 2.84. The number of rotatable bonds is 6. The highest BCUT2D eigenvalue weighted by atomic mass is 35.5. The molecule has 1 aromatic carbocycles. The van der Waals surface area contributed by atoms with E-state index in [2.05, 4.69) is 20.6 Å². The molecule has 0 aliphatic heterocycles. The number of hydrogen-bond acceptors (Lipinski definition) is 6. The van der Waals surface area contributed by atoms with Gasteiger partial charge in [0.05, 0.1) is 12.8 Å². The number of methoxy groups -OCH3 is 1. The van der Waals surface area contributed by atoms with E-state index in [4.69, 9.17) is 21.4 Å². The molecule has 25 heavy (non-hydrogen) atoms. The van der Waals surface area contributed by atoms with Crippen LogP contribution < -0.4 is 15.4 Å². The maximum Gasteiger partial charge on any atom is 0.433 e. The van der Waals surface area contributed by atoms with Gasteiger partial charge in [-0.1, -0.05) is 11.6 Å². The zero-order chi connectivity index (χ0) is 18.6. The minimum absolute atomic E-state index is 0.212. The smallest absolute Gasteiger partial charge is 0.433 e. The van der Waals surface area contributed by atoms with E-state index in [1.807, 2.05) is 0 Å². The quantitative estimate of drug-likeness (QED) is 0.711. The minimum atomic E-state index is -4.74. The molecule has 0 atom stereocenters. The lowest BCUT2D eigenvalue weighted by molar-refractivity contribution is -0.141. The average molecular weight is 377 g/mol. The van der Waals surface area contributed by atoms with Gasteiger partial charge in [0, 0.05) is 11.1 Å². The molecule has 2 aromatic rings. The van der Waals surface area contributed by atoms with Crippen LogP contribution >= 0.6 is 11.6 Å². The van der Waals surface area contributed by atoms with E-state index in [1.54, 1.807) is 6.07 Å². The molecule has 0 spiro atoms. The van der Waals surface area contributed by atoms with Crippen molar-refractivity contribution in [1.82, 2.24) is 9.97 Å². The first-order valence-electron chi connectivity index (χ1n) is 6.71. The van der Waals surface area contributed by atoms with Gasteiger partial charge in [0.1, 0.15) is 18.1 Å². The van der Waals surface area contributed by atoms with Crippen molar-refractivity contribution in [2.75, 3.05) is 24.3 Å². The number of alkyl halides is 3. The number of anilines is 3. The minimum Gasteiger partial charge on any atom is -0.495 e. The highest BCUT2D eigenvalue weighted by molar-refractivity contribution is 6.31. The number of hydrogen-bond donors (Lipinski definition) is 3. The summed E-state index contributed by atoms with van der Waals surface area (Å²) in [6.07, 6.45) is -4.74. The van der Waals surface area contributed by atoms with E-state index < -0.39 is 30.3 Å². The van der Waals surface area contributed by atoms with Crippen LogP contribution in [0.1, 0.15) is 5.69 Å². The summed E-state index contributed by atoms with van der Waals surface area (Å²) in [5, 5.41) is 13.8. The lowest BCUT2D eigenvalue weighted by Crippen LogP contribution is -2.17. The van der Waals surface area contributed by atoms with Gasteiger partial charge in [-0.05, 0) is 18.2 Å². The van der Waals surface area contributed by atoms with Crippen molar-refractivity contribution in [1.29, 1.82) is 0 Å². The molecule has 0 fully saturated rings. The van der Waals surface area contributed by atoms with Gasteiger partial charge in [-0.25, -0.2) is 4.98 Å². The second-order valence-electron chi connectivity index (χ2n) is 4.68. The van der Waals surface area contributed by atoms with Gasteiger partial charge in [-0.2, -0.15) is 18.2 Å². The van der Waals surface area contributed by atoms with Crippen molar-refractivity contribution in [2.24, 2.45) is 0 Å². The second kappa shape index (κ2) is 7.43. The number of halogens is 4. The molecule has 1 heterocycles. The number of nitrogens with one attached hydrogen (secondary N) is 2. The Morgan fingerprint density at radius 3 is 2.64 bits per heavy atom. The Kier molecular flexibility index (Phi) is 5.52. The fourth-order valence-corrected chi connectivity index (χ4v) is 1.98. The van der Waals surface area contributed by atoms with Crippen LogP contribution in [0.4, 0.5) is 30.6 Å². The number of ether oxygens (including phenoxy) is 1. The predicted octanol–water partition coefficient (Wildman–Crippen LogP) is 3.40. The molecule has 3 N–H and O–H groups in total. The van der Waals surface area contributed by atoms with Gasteiger partial charge in [-0.15, -0.1) is 0 Å². The van der Waals surface area contributed by atoms with Crippen LogP contribution in [0, 0.1) is 0 Å². The van der Waals surface area contributed by atoms with Crippen molar-refractivity contribution in [3.05, 3.63) is 35.0 Å². The van der Waals surface area contributed by atoms with Gasteiger partial charge in [0.25, 0.3) is 0 Å². The highest BCUT2D eigenvalue weighted by Gasteiger charge is 2.34. The number of carbonyl (C=O) groups is 1. The number of carboxylic acid groups (broad SMARTS) is 1. The first kappa shape index (κ1) is 18.6. The fraction of sp³-hybridized carbons (Fsp3) is 0.214. The molecular weight excluding hydrogens is 365 g/mol. The van der Waals surface area contributed by atoms with Crippen molar-refractivity contribution in [3.63, 3.8) is 0 Å². The lowest BCUT2D eigenvalue weighted by atomic mass is 10.3. The summed E-state index contributed by atoms with van der Waals surface area (Å²) < 4.78 is 44.1. The van der Waals surface area contributed by atoms with E-state index in [0.29, 0.717) is 16.8 Å². The molecule has 0 saturated carbocycles. The highest BCUT2D eigenvalue weighted by Crippen LogP contribution is 2.33. The molecule has 0 aliphatic carbocycles. The molecule has 0 bridgehead atoms. The Bertz CT molecular complexity index is 786. The zero-order valence-electron chi connectivity index (χ0n) is 12.7. The van der Waals surface area contributed by atoms with Crippen molar-refractivity contribution in [3.8, 4) is 5.75 Å². The van der Waals surface area contributed by atoms with E-state index >= 15 is 0 Å².